The van der Waals surface area contributed by atoms with Gasteiger partial charge in [0.05, 0.1) is 6.54 Å². The Hall–Kier alpha value is -1.76. The molecule has 4 nitrogen and oxygen atoms in total. The predicted octanol–water partition coefficient (Wildman–Crippen LogP) is 3.15. The lowest BCUT2D eigenvalue weighted by molar-refractivity contribution is 0.323. The number of benzene rings is 2. The predicted molar refractivity (Wildman–Crippen MR) is 103 cm³/mol. The summed E-state index contributed by atoms with van der Waals surface area (Å²) in [6.07, 6.45) is 0. The molecule has 2 aromatic carbocycles. The molecule has 0 unspecified atom stereocenters. The van der Waals surface area contributed by atoms with Crippen molar-refractivity contribution in [1.82, 2.24) is 10.6 Å². The monoisotopic (exact) mass is 411 g/mol. The first-order chi connectivity index (χ1) is 10.3. The number of hydrogen-bond acceptors (Lipinski definition) is 2. The first-order valence-electron chi connectivity index (χ1n) is 7.01. The highest BCUT2D eigenvalue weighted by Crippen LogP contribution is 2.29. The molecule has 0 saturated carbocycles. The number of rotatable bonds is 5. The summed E-state index contributed by atoms with van der Waals surface area (Å²) in [5, 5.41) is 6.13. The van der Waals surface area contributed by atoms with E-state index < -0.39 is 0 Å². The molecule has 0 heterocycles. The zero-order chi connectivity index (χ0) is 14.9. The van der Waals surface area contributed by atoms with Gasteiger partial charge in [-0.15, -0.1) is 24.0 Å². The average Bonchev–Trinajstić information content (AvgIpc) is 2.56. The molecule has 5 heteroatoms. The van der Waals surface area contributed by atoms with Crippen molar-refractivity contribution in [2.24, 2.45) is 4.99 Å². The summed E-state index contributed by atoms with van der Waals surface area (Å²) in [5.74, 6) is 1.65. The van der Waals surface area contributed by atoms with Crippen LogP contribution in [0.4, 0.5) is 0 Å². The van der Waals surface area contributed by atoms with Crippen LogP contribution in [0.15, 0.2) is 59.6 Å². The molecule has 2 N–H and O–H groups in total. The largest absolute Gasteiger partial charge is 0.491 e. The maximum atomic E-state index is 5.89. The maximum absolute atomic E-state index is 5.89. The summed E-state index contributed by atoms with van der Waals surface area (Å²) < 4.78 is 5.89. The van der Waals surface area contributed by atoms with Gasteiger partial charge in [-0.3, -0.25) is 4.99 Å². The van der Waals surface area contributed by atoms with Crippen LogP contribution in [0.25, 0.3) is 11.1 Å². The third kappa shape index (κ3) is 5.22. The third-order valence-corrected chi connectivity index (χ3v) is 3.08. The highest BCUT2D eigenvalue weighted by molar-refractivity contribution is 14.0. The first kappa shape index (κ1) is 18.3. The first-order valence-corrected chi connectivity index (χ1v) is 7.01. The molecule has 0 aliphatic heterocycles. The minimum absolute atomic E-state index is 0. The Kier molecular flexibility index (Phi) is 8.35. The molecule has 0 bridgehead atoms. The van der Waals surface area contributed by atoms with Crippen molar-refractivity contribution < 1.29 is 4.74 Å². The lowest BCUT2D eigenvalue weighted by Gasteiger charge is -2.13. The number of guanidine groups is 1. The van der Waals surface area contributed by atoms with Crippen LogP contribution >= 0.6 is 24.0 Å². The van der Waals surface area contributed by atoms with Gasteiger partial charge in [-0.25, -0.2) is 0 Å². The average molecular weight is 411 g/mol. The van der Waals surface area contributed by atoms with Gasteiger partial charge < -0.3 is 15.4 Å². The van der Waals surface area contributed by atoms with Crippen LogP contribution < -0.4 is 15.4 Å². The van der Waals surface area contributed by atoms with E-state index in [2.05, 4.69) is 33.8 Å². The quantitative estimate of drug-likeness (QED) is 0.344. The fourth-order valence-electron chi connectivity index (χ4n) is 2.06. The Morgan fingerprint density at radius 1 is 1.05 bits per heavy atom. The van der Waals surface area contributed by atoms with Gasteiger partial charge >= 0.3 is 0 Å². The Morgan fingerprint density at radius 2 is 1.73 bits per heavy atom. The van der Waals surface area contributed by atoms with Gasteiger partial charge in [-0.1, -0.05) is 48.5 Å². The highest BCUT2D eigenvalue weighted by atomic mass is 127. The second kappa shape index (κ2) is 10.0. The maximum Gasteiger partial charge on any atom is 0.190 e. The van der Waals surface area contributed by atoms with Crippen LogP contribution in [0.2, 0.25) is 0 Å². The van der Waals surface area contributed by atoms with E-state index in [4.69, 9.17) is 4.74 Å². The normalized spacial score (nSPS) is 10.5. The Labute approximate surface area is 149 Å². The molecule has 2 rings (SSSR count). The van der Waals surface area contributed by atoms with Crippen LogP contribution in [0, 0.1) is 0 Å². The molecule has 0 atom stereocenters. The zero-order valence-electron chi connectivity index (χ0n) is 12.9. The van der Waals surface area contributed by atoms with E-state index in [1.165, 1.54) is 0 Å². The number of aliphatic imine (C=N–C) groups is 1. The summed E-state index contributed by atoms with van der Waals surface area (Å²) in [6.45, 7) is 1.27. The van der Waals surface area contributed by atoms with Crippen molar-refractivity contribution in [2.45, 2.75) is 0 Å². The van der Waals surface area contributed by atoms with Crippen LogP contribution in [0.1, 0.15) is 0 Å². The molecule has 0 aromatic heterocycles. The van der Waals surface area contributed by atoms with Gasteiger partial charge in [-0.05, 0) is 11.6 Å². The third-order valence-electron chi connectivity index (χ3n) is 3.08. The molecule has 0 amide bonds. The van der Waals surface area contributed by atoms with Crippen molar-refractivity contribution >= 4 is 29.9 Å². The Morgan fingerprint density at radius 3 is 2.41 bits per heavy atom. The second-order valence-corrected chi connectivity index (χ2v) is 4.46. The van der Waals surface area contributed by atoms with E-state index in [0.29, 0.717) is 13.2 Å². The fraction of sp³-hybridized carbons (Fsp3) is 0.235. The molecule has 118 valence electrons. The minimum atomic E-state index is 0. The lowest BCUT2D eigenvalue weighted by Crippen LogP contribution is -2.37. The van der Waals surface area contributed by atoms with E-state index in [1.807, 2.05) is 43.4 Å². The fourth-order valence-corrected chi connectivity index (χ4v) is 2.06. The molecule has 0 aliphatic carbocycles. The zero-order valence-corrected chi connectivity index (χ0v) is 15.2. The molecule has 0 radical (unpaired) electrons. The number of hydrogen-bond donors (Lipinski definition) is 2. The summed E-state index contributed by atoms with van der Waals surface area (Å²) in [7, 11) is 3.57. The standard InChI is InChI=1S/C17H21N3O.HI/c1-18-17(19-2)20-12-13-21-16-11-7-6-10-15(16)14-8-4-3-5-9-14;/h3-11H,12-13H2,1-2H3,(H2,18,19,20);1H. The van der Waals surface area contributed by atoms with E-state index in [0.717, 1.165) is 22.8 Å². The van der Waals surface area contributed by atoms with Crippen molar-refractivity contribution in [3.8, 4) is 16.9 Å². The number of ether oxygens (including phenoxy) is 1. The van der Waals surface area contributed by atoms with Crippen molar-refractivity contribution in [3.05, 3.63) is 54.6 Å². The van der Waals surface area contributed by atoms with E-state index in [-0.39, 0.29) is 24.0 Å². The molecule has 0 aliphatic rings. The topological polar surface area (TPSA) is 45.7 Å². The summed E-state index contributed by atoms with van der Waals surface area (Å²) in [4.78, 5) is 4.06. The van der Waals surface area contributed by atoms with Crippen LogP contribution in [0.5, 0.6) is 5.75 Å². The Bertz CT molecular complexity index is 587. The van der Waals surface area contributed by atoms with Crippen molar-refractivity contribution in [3.63, 3.8) is 0 Å². The molecule has 22 heavy (non-hydrogen) atoms. The number of para-hydroxylation sites is 1. The van der Waals surface area contributed by atoms with Crippen LogP contribution in [-0.4, -0.2) is 33.2 Å². The van der Waals surface area contributed by atoms with Gasteiger partial charge in [0, 0.05) is 19.7 Å². The van der Waals surface area contributed by atoms with E-state index in [9.17, 15) is 0 Å². The molecular weight excluding hydrogens is 389 g/mol. The second-order valence-electron chi connectivity index (χ2n) is 4.46. The SMILES string of the molecule is CN=C(NC)NCCOc1ccccc1-c1ccccc1.I. The van der Waals surface area contributed by atoms with Crippen LogP contribution in [0.3, 0.4) is 0 Å². The molecule has 0 saturated heterocycles. The number of nitrogens with zero attached hydrogens (tertiary/aromatic N) is 1. The van der Waals surface area contributed by atoms with Gasteiger partial charge in [0.1, 0.15) is 12.4 Å². The summed E-state index contributed by atoms with van der Waals surface area (Å²) >= 11 is 0. The number of nitrogens with one attached hydrogen (secondary N) is 2. The van der Waals surface area contributed by atoms with Gasteiger partial charge in [0.25, 0.3) is 0 Å². The molecule has 2 aromatic rings. The van der Waals surface area contributed by atoms with Gasteiger partial charge in [0.2, 0.25) is 0 Å². The van der Waals surface area contributed by atoms with Crippen LogP contribution in [-0.2, 0) is 0 Å². The van der Waals surface area contributed by atoms with E-state index >= 15 is 0 Å². The molecule has 0 spiro atoms. The van der Waals surface area contributed by atoms with Crippen molar-refractivity contribution in [2.75, 3.05) is 27.2 Å². The highest BCUT2D eigenvalue weighted by Gasteiger charge is 2.04. The molecular formula is C17H22IN3O. The van der Waals surface area contributed by atoms with Crippen molar-refractivity contribution in [1.29, 1.82) is 0 Å². The summed E-state index contributed by atoms with van der Waals surface area (Å²) in [6, 6.07) is 18.3. The minimum Gasteiger partial charge on any atom is -0.491 e. The van der Waals surface area contributed by atoms with E-state index in [1.54, 1.807) is 7.05 Å². The summed E-state index contributed by atoms with van der Waals surface area (Å²) in [5.41, 5.74) is 2.27. The smallest absolute Gasteiger partial charge is 0.190 e. The Balaban J connectivity index is 0.00000242. The van der Waals surface area contributed by atoms with Gasteiger partial charge in [0.15, 0.2) is 5.96 Å². The number of halogens is 1. The van der Waals surface area contributed by atoms with Gasteiger partial charge in [-0.2, -0.15) is 0 Å². The molecule has 0 fully saturated rings. The lowest BCUT2D eigenvalue weighted by atomic mass is 10.1.